The molecule has 0 spiro atoms. The van der Waals surface area contributed by atoms with Gasteiger partial charge in [-0.1, -0.05) is 23.9 Å². The van der Waals surface area contributed by atoms with Crippen LogP contribution >= 0.6 is 23.1 Å². The molecule has 6 nitrogen and oxygen atoms in total. The fourth-order valence-electron chi connectivity index (χ4n) is 2.66. The number of ether oxygens (including phenoxy) is 1. The zero-order chi connectivity index (χ0) is 21.1. The summed E-state index contributed by atoms with van der Waals surface area (Å²) in [4.78, 5) is 31.0. The molecule has 0 saturated heterocycles. The molecule has 0 fully saturated rings. The van der Waals surface area contributed by atoms with Crippen molar-refractivity contribution in [2.45, 2.75) is 32.2 Å². The first kappa shape index (κ1) is 21.3. The van der Waals surface area contributed by atoms with Gasteiger partial charge in [0.15, 0.2) is 5.16 Å². The zero-order valence-electron chi connectivity index (χ0n) is 16.0. The number of nitrogens with one attached hydrogen (secondary N) is 1. The Morgan fingerprint density at radius 2 is 2.00 bits per heavy atom. The lowest BCUT2D eigenvalue weighted by atomic mass is 10.2. The maximum Gasteiger partial charge on any atom is 0.387 e. The number of alkyl halides is 2. The molecule has 1 amide bonds. The Labute approximate surface area is 173 Å². The highest BCUT2D eigenvalue weighted by Crippen LogP contribution is 2.28. The van der Waals surface area contributed by atoms with E-state index in [0.717, 1.165) is 16.0 Å². The number of thioether (sulfide) groups is 1. The van der Waals surface area contributed by atoms with Crippen molar-refractivity contribution in [1.82, 2.24) is 14.9 Å². The van der Waals surface area contributed by atoms with Gasteiger partial charge in [0.1, 0.15) is 10.6 Å². The van der Waals surface area contributed by atoms with Crippen LogP contribution in [0.5, 0.6) is 5.75 Å². The summed E-state index contributed by atoms with van der Waals surface area (Å²) in [6.45, 7) is 1.24. The third kappa shape index (κ3) is 4.94. The van der Waals surface area contributed by atoms with Crippen LogP contribution in [0.15, 0.2) is 34.2 Å². The van der Waals surface area contributed by atoms with Crippen molar-refractivity contribution in [3.8, 4) is 5.75 Å². The third-order valence-corrected chi connectivity index (χ3v) is 6.47. The second-order valence-corrected chi connectivity index (χ2v) is 8.46. The van der Waals surface area contributed by atoms with Gasteiger partial charge in [-0.15, -0.1) is 11.3 Å². The molecule has 2 aromatic heterocycles. The lowest BCUT2D eigenvalue weighted by Gasteiger charge is -2.09. The van der Waals surface area contributed by atoms with Crippen LogP contribution < -0.4 is 15.6 Å². The lowest BCUT2D eigenvalue weighted by Crippen LogP contribution is -2.25. The van der Waals surface area contributed by atoms with E-state index in [2.05, 4.69) is 15.0 Å². The molecule has 0 atom stereocenters. The minimum atomic E-state index is -2.87. The Balaban J connectivity index is 1.59. The van der Waals surface area contributed by atoms with Gasteiger partial charge in [0, 0.05) is 18.5 Å². The van der Waals surface area contributed by atoms with Gasteiger partial charge in [-0.25, -0.2) is 4.98 Å². The van der Waals surface area contributed by atoms with Crippen molar-refractivity contribution < 1.29 is 18.3 Å². The molecule has 2 heterocycles. The quantitative estimate of drug-likeness (QED) is 0.450. The van der Waals surface area contributed by atoms with E-state index in [1.54, 1.807) is 19.2 Å². The topological polar surface area (TPSA) is 73.2 Å². The van der Waals surface area contributed by atoms with Crippen LogP contribution in [0.1, 0.15) is 16.0 Å². The molecule has 10 heteroatoms. The minimum absolute atomic E-state index is 0.0621. The summed E-state index contributed by atoms with van der Waals surface area (Å²) >= 11 is 2.65. The SMILES string of the molecule is Cc1sc2nc(SCC(=O)NCc3ccc(OC(F)F)cc3)n(C)c(=O)c2c1C. The molecule has 154 valence electrons. The van der Waals surface area contributed by atoms with E-state index in [9.17, 15) is 18.4 Å². The van der Waals surface area contributed by atoms with E-state index in [-0.39, 0.29) is 29.5 Å². The molecule has 0 saturated carbocycles. The second kappa shape index (κ2) is 8.91. The van der Waals surface area contributed by atoms with Crippen molar-refractivity contribution >= 4 is 39.2 Å². The van der Waals surface area contributed by atoms with Gasteiger partial charge in [0.25, 0.3) is 5.56 Å². The average Bonchev–Trinajstić information content (AvgIpc) is 2.96. The maximum atomic E-state index is 12.6. The van der Waals surface area contributed by atoms with E-state index in [1.165, 1.54) is 39.8 Å². The Hall–Kier alpha value is -2.46. The first-order chi connectivity index (χ1) is 13.8. The number of amides is 1. The van der Waals surface area contributed by atoms with Gasteiger partial charge >= 0.3 is 6.61 Å². The molecule has 0 unspecified atom stereocenters. The van der Waals surface area contributed by atoms with Crippen molar-refractivity contribution in [3.05, 3.63) is 50.6 Å². The van der Waals surface area contributed by atoms with Gasteiger partial charge < -0.3 is 10.1 Å². The number of thiophene rings is 1. The molecule has 0 radical (unpaired) electrons. The highest BCUT2D eigenvalue weighted by atomic mass is 32.2. The minimum Gasteiger partial charge on any atom is -0.435 e. The Bertz CT molecular complexity index is 1090. The number of carbonyl (C=O) groups is 1. The number of rotatable bonds is 7. The predicted molar refractivity (Wildman–Crippen MR) is 110 cm³/mol. The van der Waals surface area contributed by atoms with Crippen LogP contribution in [0.4, 0.5) is 8.78 Å². The number of benzene rings is 1. The molecular weight excluding hydrogens is 420 g/mol. The van der Waals surface area contributed by atoms with Crippen LogP contribution in [0.25, 0.3) is 10.2 Å². The van der Waals surface area contributed by atoms with Crippen molar-refractivity contribution in [1.29, 1.82) is 0 Å². The molecule has 3 rings (SSSR count). The number of hydrogen-bond acceptors (Lipinski definition) is 6. The fourth-order valence-corrected chi connectivity index (χ4v) is 4.53. The number of hydrogen-bond donors (Lipinski definition) is 1. The zero-order valence-corrected chi connectivity index (χ0v) is 17.6. The molecule has 3 aromatic rings. The number of aromatic nitrogens is 2. The number of halogens is 2. The Morgan fingerprint density at radius 3 is 2.66 bits per heavy atom. The van der Waals surface area contributed by atoms with Gasteiger partial charge in [0.2, 0.25) is 5.91 Å². The van der Waals surface area contributed by atoms with E-state index in [0.29, 0.717) is 15.4 Å². The molecule has 1 N–H and O–H groups in total. The summed E-state index contributed by atoms with van der Waals surface area (Å²) < 4.78 is 30.0. The molecule has 0 bridgehead atoms. The first-order valence-corrected chi connectivity index (χ1v) is 10.5. The van der Waals surface area contributed by atoms with Crippen LogP contribution in [0, 0.1) is 13.8 Å². The summed E-state index contributed by atoms with van der Waals surface area (Å²) in [5, 5.41) is 3.86. The summed E-state index contributed by atoms with van der Waals surface area (Å²) in [5.74, 6) is -0.0651. The number of carbonyl (C=O) groups excluding carboxylic acids is 1. The summed E-state index contributed by atoms with van der Waals surface area (Å²) in [6.07, 6.45) is 0. The number of aryl methyl sites for hydroxylation is 2. The normalized spacial score (nSPS) is 11.2. The molecular formula is C19H19F2N3O3S2. The molecule has 0 aliphatic carbocycles. The largest absolute Gasteiger partial charge is 0.435 e. The van der Waals surface area contributed by atoms with Crippen molar-refractivity contribution in [2.24, 2.45) is 7.05 Å². The van der Waals surface area contributed by atoms with Crippen LogP contribution in [0.2, 0.25) is 0 Å². The van der Waals surface area contributed by atoms with E-state index in [4.69, 9.17) is 0 Å². The molecule has 29 heavy (non-hydrogen) atoms. The van der Waals surface area contributed by atoms with Gasteiger partial charge in [-0.3, -0.25) is 14.2 Å². The molecule has 0 aliphatic rings. The van der Waals surface area contributed by atoms with Crippen LogP contribution in [0.3, 0.4) is 0 Å². The highest BCUT2D eigenvalue weighted by molar-refractivity contribution is 7.99. The predicted octanol–water partition coefficient (Wildman–Crippen LogP) is 3.62. The number of fused-ring (bicyclic) bond motifs is 1. The fraction of sp³-hybridized carbons (Fsp3) is 0.316. The lowest BCUT2D eigenvalue weighted by molar-refractivity contribution is -0.118. The van der Waals surface area contributed by atoms with Crippen LogP contribution in [-0.4, -0.2) is 27.8 Å². The Kier molecular flexibility index (Phi) is 6.53. The standard InChI is InChI=1S/C19H19F2N3O3S2/c1-10-11(2)29-16-15(10)17(26)24(3)19(23-16)28-9-14(25)22-8-12-4-6-13(7-5-12)27-18(20)21/h4-7,18H,8-9H2,1-3H3,(H,22,25). The van der Waals surface area contributed by atoms with Crippen molar-refractivity contribution in [3.63, 3.8) is 0 Å². The van der Waals surface area contributed by atoms with Gasteiger partial charge in [0.05, 0.1) is 11.1 Å². The first-order valence-electron chi connectivity index (χ1n) is 8.66. The smallest absolute Gasteiger partial charge is 0.387 e. The van der Waals surface area contributed by atoms with Gasteiger partial charge in [-0.05, 0) is 37.1 Å². The molecule has 1 aromatic carbocycles. The van der Waals surface area contributed by atoms with E-state index >= 15 is 0 Å². The summed E-state index contributed by atoms with van der Waals surface area (Å²) in [6, 6.07) is 6.04. The van der Waals surface area contributed by atoms with Crippen molar-refractivity contribution in [2.75, 3.05) is 5.75 Å². The third-order valence-electron chi connectivity index (χ3n) is 4.34. The van der Waals surface area contributed by atoms with Gasteiger partial charge in [-0.2, -0.15) is 8.78 Å². The molecule has 0 aliphatic heterocycles. The van der Waals surface area contributed by atoms with E-state index in [1.807, 2.05) is 13.8 Å². The maximum absolute atomic E-state index is 12.6. The average molecular weight is 440 g/mol. The number of nitrogens with zero attached hydrogens (tertiary/aromatic N) is 2. The summed E-state index contributed by atoms with van der Waals surface area (Å²) in [7, 11) is 1.64. The summed E-state index contributed by atoms with van der Waals surface area (Å²) in [5.41, 5.74) is 1.57. The second-order valence-electron chi connectivity index (χ2n) is 6.31. The Morgan fingerprint density at radius 1 is 1.31 bits per heavy atom. The highest BCUT2D eigenvalue weighted by Gasteiger charge is 2.15. The van der Waals surface area contributed by atoms with E-state index < -0.39 is 6.61 Å². The monoisotopic (exact) mass is 439 g/mol. The van der Waals surface area contributed by atoms with Crippen LogP contribution in [-0.2, 0) is 18.4 Å².